The van der Waals surface area contributed by atoms with Crippen LogP contribution in [0.5, 0.6) is 0 Å². The van der Waals surface area contributed by atoms with Crippen molar-refractivity contribution in [3.63, 3.8) is 0 Å². The third-order valence-electron chi connectivity index (χ3n) is 3.93. The molecule has 0 aromatic carbocycles. The molecule has 3 rings (SSSR count). The first-order valence-electron chi connectivity index (χ1n) is 7.84. The number of nitrogens with one attached hydrogen (secondary N) is 1. The Kier molecular flexibility index (Phi) is 5.38. The van der Waals surface area contributed by atoms with Crippen molar-refractivity contribution >= 4 is 34.0 Å². The summed E-state index contributed by atoms with van der Waals surface area (Å²) in [5, 5.41) is 25.0. The van der Waals surface area contributed by atoms with E-state index in [1.54, 1.807) is 18.2 Å². The molecule has 0 atom stereocenters. The Balaban J connectivity index is 1.69. The number of thioether (sulfide) groups is 1. The highest BCUT2D eigenvalue weighted by atomic mass is 32.2. The Morgan fingerprint density at radius 3 is 3.00 bits per heavy atom. The van der Waals surface area contributed by atoms with Crippen LogP contribution >= 0.6 is 23.1 Å². The van der Waals surface area contributed by atoms with Gasteiger partial charge in [-0.15, -0.1) is 11.3 Å². The summed E-state index contributed by atoms with van der Waals surface area (Å²) in [5.41, 5.74) is 1.73. The van der Waals surface area contributed by atoms with Crippen molar-refractivity contribution in [1.82, 2.24) is 0 Å². The van der Waals surface area contributed by atoms with E-state index in [2.05, 4.69) is 11.4 Å². The number of hydrogen-bond acceptors (Lipinski definition) is 5. The van der Waals surface area contributed by atoms with Crippen LogP contribution in [0.2, 0.25) is 0 Å². The zero-order chi connectivity index (χ0) is 16.9. The standard InChI is InChI=1S/C17H17N3O2S2/c18-10-13-12-6-2-1-3-7-14(12)24-17(13)19-15(21)11-23-16-8-4-5-9-20(16)22/h4-5,8-9H,1-3,6-7,11H2,(H,19,21). The predicted molar refractivity (Wildman–Crippen MR) is 95.0 cm³/mol. The second kappa shape index (κ2) is 7.69. The molecule has 0 fully saturated rings. The molecule has 0 saturated heterocycles. The lowest BCUT2D eigenvalue weighted by Gasteiger charge is -2.05. The predicted octanol–water partition coefficient (Wildman–Crippen LogP) is 3.25. The van der Waals surface area contributed by atoms with Crippen molar-refractivity contribution in [2.75, 3.05) is 11.1 Å². The van der Waals surface area contributed by atoms with Crippen LogP contribution in [0.15, 0.2) is 29.4 Å². The molecule has 124 valence electrons. The number of amides is 1. The first-order chi connectivity index (χ1) is 11.7. The van der Waals surface area contributed by atoms with Gasteiger partial charge >= 0.3 is 0 Å². The maximum Gasteiger partial charge on any atom is 0.251 e. The van der Waals surface area contributed by atoms with E-state index in [1.165, 1.54) is 40.6 Å². The second-order valence-corrected chi connectivity index (χ2v) is 7.68. The van der Waals surface area contributed by atoms with Gasteiger partial charge in [0.1, 0.15) is 11.1 Å². The van der Waals surface area contributed by atoms with Crippen LogP contribution in [0.25, 0.3) is 0 Å². The number of pyridine rings is 1. The van der Waals surface area contributed by atoms with Crippen molar-refractivity contribution in [3.05, 3.63) is 45.6 Å². The van der Waals surface area contributed by atoms with Crippen molar-refractivity contribution < 1.29 is 9.52 Å². The highest BCUT2D eigenvalue weighted by molar-refractivity contribution is 7.99. The molecule has 0 saturated carbocycles. The number of nitriles is 1. The molecule has 7 heteroatoms. The van der Waals surface area contributed by atoms with Crippen LogP contribution in [0.4, 0.5) is 5.00 Å². The fraction of sp³-hybridized carbons (Fsp3) is 0.353. The topological polar surface area (TPSA) is 79.8 Å². The molecular formula is C17H17N3O2S2. The van der Waals surface area contributed by atoms with Gasteiger partial charge in [-0.1, -0.05) is 6.42 Å². The van der Waals surface area contributed by atoms with E-state index in [0.717, 1.165) is 36.0 Å². The molecule has 2 aromatic rings. The number of carbonyl (C=O) groups excluding carboxylic acids is 1. The summed E-state index contributed by atoms with van der Waals surface area (Å²) in [6.45, 7) is 0. The van der Waals surface area contributed by atoms with Gasteiger partial charge in [0.15, 0.2) is 6.20 Å². The second-order valence-electron chi connectivity index (χ2n) is 5.58. The normalized spacial score (nSPS) is 13.6. The summed E-state index contributed by atoms with van der Waals surface area (Å²) in [7, 11) is 0. The highest BCUT2D eigenvalue weighted by Crippen LogP contribution is 2.37. The van der Waals surface area contributed by atoms with Gasteiger partial charge in [0.25, 0.3) is 5.03 Å². The number of thiophene rings is 1. The van der Waals surface area contributed by atoms with Crippen LogP contribution in [-0.4, -0.2) is 11.7 Å². The maximum atomic E-state index is 12.2. The van der Waals surface area contributed by atoms with E-state index in [4.69, 9.17) is 0 Å². The Bertz CT molecular complexity index is 796. The minimum Gasteiger partial charge on any atom is -0.618 e. The van der Waals surface area contributed by atoms with E-state index >= 15 is 0 Å². The molecule has 1 aliphatic carbocycles. The van der Waals surface area contributed by atoms with Crippen molar-refractivity contribution in [2.45, 2.75) is 37.1 Å². The van der Waals surface area contributed by atoms with E-state index < -0.39 is 0 Å². The average Bonchev–Trinajstić information content (AvgIpc) is 2.74. The molecule has 5 nitrogen and oxygen atoms in total. The average molecular weight is 359 g/mol. The third-order valence-corrected chi connectivity index (χ3v) is 6.15. The van der Waals surface area contributed by atoms with Crippen LogP contribution < -0.4 is 10.0 Å². The summed E-state index contributed by atoms with van der Waals surface area (Å²) in [5.74, 6) is -0.0589. The van der Waals surface area contributed by atoms with Crippen LogP contribution in [-0.2, 0) is 17.6 Å². The molecule has 24 heavy (non-hydrogen) atoms. The SMILES string of the molecule is N#Cc1c(NC(=O)CSc2cccc[n+]2[O-])sc2c1CCCCC2. The van der Waals surface area contributed by atoms with Crippen molar-refractivity contribution in [3.8, 4) is 6.07 Å². The molecule has 0 bridgehead atoms. The molecule has 2 aromatic heterocycles. The molecule has 2 heterocycles. The van der Waals surface area contributed by atoms with Gasteiger partial charge in [-0.25, -0.2) is 0 Å². The van der Waals surface area contributed by atoms with Gasteiger partial charge in [0, 0.05) is 17.0 Å². The monoisotopic (exact) mass is 359 g/mol. The zero-order valence-corrected chi connectivity index (χ0v) is 14.7. The van der Waals surface area contributed by atoms with Gasteiger partial charge < -0.3 is 10.5 Å². The van der Waals surface area contributed by atoms with Crippen LogP contribution in [0.1, 0.15) is 35.3 Å². The molecule has 0 aliphatic heterocycles. The number of fused-ring (bicyclic) bond motifs is 1. The first-order valence-corrected chi connectivity index (χ1v) is 9.64. The van der Waals surface area contributed by atoms with E-state index in [-0.39, 0.29) is 11.7 Å². The summed E-state index contributed by atoms with van der Waals surface area (Å²) >= 11 is 2.71. The lowest BCUT2D eigenvalue weighted by atomic mass is 10.1. The Labute approximate surface area is 148 Å². The highest BCUT2D eigenvalue weighted by Gasteiger charge is 2.21. The van der Waals surface area contributed by atoms with Gasteiger partial charge in [-0.2, -0.15) is 9.99 Å². The Morgan fingerprint density at radius 2 is 2.21 bits per heavy atom. The van der Waals surface area contributed by atoms with Gasteiger partial charge in [-0.05, 0) is 49.1 Å². The molecule has 0 radical (unpaired) electrons. The summed E-state index contributed by atoms with van der Waals surface area (Å²) in [6, 6.07) is 7.34. The minimum atomic E-state index is -0.197. The lowest BCUT2D eigenvalue weighted by molar-refractivity contribution is -0.645. The van der Waals surface area contributed by atoms with Crippen LogP contribution in [0, 0.1) is 16.5 Å². The van der Waals surface area contributed by atoms with Crippen LogP contribution in [0.3, 0.4) is 0 Å². The zero-order valence-electron chi connectivity index (χ0n) is 13.1. The van der Waals surface area contributed by atoms with Crippen molar-refractivity contribution in [1.29, 1.82) is 5.26 Å². The van der Waals surface area contributed by atoms with Gasteiger partial charge in [-0.3, -0.25) is 4.79 Å². The van der Waals surface area contributed by atoms with Gasteiger partial charge in [0.05, 0.1) is 11.3 Å². The molecule has 0 spiro atoms. The number of hydrogen-bond donors (Lipinski definition) is 1. The lowest BCUT2D eigenvalue weighted by Crippen LogP contribution is -2.28. The fourth-order valence-electron chi connectivity index (χ4n) is 2.78. The number of anilines is 1. The number of aryl methyl sites for hydroxylation is 1. The third kappa shape index (κ3) is 3.71. The minimum absolute atomic E-state index is 0.139. The summed E-state index contributed by atoms with van der Waals surface area (Å²) in [6.07, 6.45) is 6.73. The van der Waals surface area contributed by atoms with Gasteiger partial charge in [0.2, 0.25) is 5.91 Å². The molecule has 0 unspecified atom stereocenters. The number of aromatic nitrogens is 1. The quantitative estimate of drug-likeness (QED) is 0.393. The molecule has 1 aliphatic rings. The van der Waals surface area contributed by atoms with E-state index in [9.17, 15) is 15.3 Å². The molecule has 1 amide bonds. The van der Waals surface area contributed by atoms with E-state index in [0.29, 0.717) is 15.6 Å². The fourth-order valence-corrected chi connectivity index (χ4v) is 4.75. The van der Waals surface area contributed by atoms with Crippen molar-refractivity contribution in [2.24, 2.45) is 0 Å². The first kappa shape index (κ1) is 16.8. The summed E-state index contributed by atoms with van der Waals surface area (Å²) < 4.78 is 0.742. The van der Waals surface area contributed by atoms with E-state index in [1.807, 2.05) is 0 Å². The number of carbonyl (C=O) groups is 1. The largest absolute Gasteiger partial charge is 0.618 e. The number of rotatable bonds is 4. The molecular weight excluding hydrogens is 342 g/mol. The Hall–Kier alpha value is -2.04. The smallest absolute Gasteiger partial charge is 0.251 e. The maximum absolute atomic E-state index is 12.2. The Morgan fingerprint density at radius 1 is 1.38 bits per heavy atom. The molecule has 1 N–H and O–H groups in total. The summed E-state index contributed by atoms with van der Waals surface area (Å²) in [4.78, 5) is 13.4. The number of nitrogens with zero attached hydrogens (tertiary/aromatic N) is 2.